The van der Waals surface area contributed by atoms with E-state index in [0.717, 1.165) is 30.9 Å². The van der Waals surface area contributed by atoms with Gasteiger partial charge < -0.3 is 14.8 Å². The van der Waals surface area contributed by atoms with Gasteiger partial charge in [0.15, 0.2) is 5.11 Å². The molecule has 0 bridgehead atoms. The highest BCUT2D eigenvalue weighted by Gasteiger charge is 2.30. The first-order valence-electron chi connectivity index (χ1n) is 7.55. The summed E-state index contributed by atoms with van der Waals surface area (Å²) < 4.78 is 2.21. The zero-order chi connectivity index (χ0) is 16.4. The van der Waals surface area contributed by atoms with Crippen molar-refractivity contribution >= 4 is 23.0 Å². The Morgan fingerprint density at radius 1 is 1.35 bits per heavy atom. The monoisotopic (exact) mass is 330 g/mol. The van der Waals surface area contributed by atoms with E-state index in [9.17, 15) is 10.1 Å². The Labute approximate surface area is 139 Å². The van der Waals surface area contributed by atoms with E-state index < -0.39 is 0 Å². The number of nitrogens with one attached hydrogen (secondary N) is 1. The normalized spacial score (nSPS) is 16.7. The number of hydrogen-bond donors (Lipinski definition) is 1. The van der Waals surface area contributed by atoms with Crippen molar-refractivity contribution in [3.05, 3.63) is 64.0 Å². The number of nitrogens with zero attached hydrogens (tertiary/aromatic N) is 3. The van der Waals surface area contributed by atoms with Gasteiger partial charge in [-0.05, 0) is 49.0 Å². The van der Waals surface area contributed by atoms with Crippen molar-refractivity contribution in [1.29, 1.82) is 0 Å². The Balaban J connectivity index is 2.00. The van der Waals surface area contributed by atoms with Crippen molar-refractivity contribution in [2.24, 2.45) is 0 Å². The Morgan fingerprint density at radius 2 is 2.09 bits per heavy atom. The first kappa shape index (κ1) is 15.5. The van der Waals surface area contributed by atoms with Crippen LogP contribution in [0.15, 0.2) is 42.6 Å². The molecule has 0 fully saturated rings. The van der Waals surface area contributed by atoms with Crippen LogP contribution in [0.25, 0.3) is 0 Å². The number of aromatic nitrogens is 1. The van der Waals surface area contributed by atoms with Gasteiger partial charge >= 0.3 is 0 Å². The van der Waals surface area contributed by atoms with E-state index in [1.807, 2.05) is 25.1 Å². The van der Waals surface area contributed by atoms with Crippen LogP contribution in [0.2, 0.25) is 0 Å². The molecule has 0 saturated heterocycles. The maximum atomic E-state index is 10.9. The Morgan fingerprint density at radius 3 is 2.74 bits per heavy atom. The lowest BCUT2D eigenvalue weighted by molar-refractivity contribution is -0.384. The highest BCUT2D eigenvalue weighted by Crippen LogP contribution is 2.33. The molecule has 1 aromatic carbocycles. The third-order valence-electron chi connectivity index (χ3n) is 4.05. The lowest BCUT2D eigenvalue weighted by atomic mass is 10.00. The lowest BCUT2D eigenvalue weighted by Gasteiger charge is -2.39. The summed E-state index contributed by atoms with van der Waals surface area (Å²) in [6.07, 6.45) is 2.06. The van der Waals surface area contributed by atoms with E-state index in [1.165, 1.54) is 0 Å². The van der Waals surface area contributed by atoms with Gasteiger partial charge in [-0.1, -0.05) is 0 Å². The van der Waals surface area contributed by atoms with Gasteiger partial charge in [-0.25, -0.2) is 0 Å². The third kappa shape index (κ3) is 2.92. The quantitative estimate of drug-likeness (QED) is 0.532. The molecular weight excluding hydrogens is 312 g/mol. The highest BCUT2D eigenvalue weighted by atomic mass is 32.1. The fourth-order valence-electron chi connectivity index (χ4n) is 2.98. The topological polar surface area (TPSA) is 63.3 Å². The molecule has 0 amide bonds. The molecule has 0 unspecified atom stereocenters. The summed E-state index contributed by atoms with van der Waals surface area (Å²) in [5.74, 6) is 0. The van der Waals surface area contributed by atoms with Crippen molar-refractivity contribution in [2.45, 2.75) is 19.5 Å². The molecule has 1 aromatic heterocycles. The maximum absolute atomic E-state index is 10.9. The molecule has 1 atom stereocenters. The fraction of sp³-hybridized carbons (Fsp3) is 0.312. The SMILES string of the molecule is CCNC(=S)N1CCn2cccc2[C@@H]1c1ccc([N+](=O)[O-])cc1. The summed E-state index contributed by atoms with van der Waals surface area (Å²) in [6, 6.07) is 10.8. The molecule has 0 spiro atoms. The summed E-state index contributed by atoms with van der Waals surface area (Å²) in [5.41, 5.74) is 2.24. The average molecular weight is 330 g/mol. The largest absolute Gasteiger partial charge is 0.363 e. The zero-order valence-corrected chi connectivity index (χ0v) is 13.6. The van der Waals surface area contributed by atoms with Crippen LogP contribution in [-0.4, -0.2) is 32.6 Å². The molecule has 7 heteroatoms. The molecular formula is C16H18N4O2S. The predicted octanol–water partition coefficient (Wildman–Crippen LogP) is 2.70. The standard InChI is InChI=1S/C16H18N4O2S/c1-2-17-16(23)19-11-10-18-9-3-4-14(18)15(19)12-5-7-13(8-6-12)20(21)22/h3-9,15H,2,10-11H2,1H3,(H,17,23)/t15-/m0/s1. The summed E-state index contributed by atoms with van der Waals surface area (Å²) >= 11 is 5.52. The Bertz CT molecular complexity index is 726. The highest BCUT2D eigenvalue weighted by molar-refractivity contribution is 7.80. The number of nitro groups is 1. The summed E-state index contributed by atoms with van der Waals surface area (Å²) in [5, 5.41) is 14.8. The van der Waals surface area contributed by atoms with E-state index in [4.69, 9.17) is 12.2 Å². The summed E-state index contributed by atoms with van der Waals surface area (Å²) in [7, 11) is 0. The molecule has 120 valence electrons. The molecule has 3 rings (SSSR count). The van der Waals surface area contributed by atoms with Crippen molar-refractivity contribution in [3.8, 4) is 0 Å². The molecule has 0 aliphatic carbocycles. The van der Waals surface area contributed by atoms with Crippen LogP contribution >= 0.6 is 12.2 Å². The van der Waals surface area contributed by atoms with Crippen LogP contribution in [-0.2, 0) is 6.54 Å². The second-order valence-corrected chi connectivity index (χ2v) is 5.79. The van der Waals surface area contributed by atoms with Crippen molar-refractivity contribution in [1.82, 2.24) is 14.8 Å². The summed E-state index contributed by atoms with van der Waals surface area (Å²) in [6.45, 7) is 4.45. The van der Waals surface area contributed by atoms with Crippen molar-refractivity contribution in [2.75, 3.05) is 13.1 Å². The van der Waals surface area contributed by atoms with Gasteiger partial charge in [0.2, 0.25) is 0 Å². The average Bonchev–Trinajstić information content (AvgIpc) is 3.02. The smallest absolute Gasteiger partial charge is 0.269 e. The van der Waals surface area contributed by atoms with Crippen LogP contribution in [0, 0.1) is 10.1 Å². The predicted molar refractivity (Wildman–Crippen MR) is 92.4 cm³/mol. The number of benzene rings is 1. The second-order valence-electron chi connectivity index (χ2n) is 5.41. The summed E-state index contributed by atoms with van der Waals surface area (Å²) in [4.78, 5) is 12.6. The van der Waals surface area contributed by atoms with E-state index in [0.29, 0.717) is 5.11 Å². The van der Waals surface area contributed by atoms with Crippen LogP contribution < -0.4 is 5.32 Å². The molecule has 23 heavy (non-hydrogen) atoms. The van der Waals surface area contributed by atoms with Crippen LogP contribution in [0.4, 0.5) is 5.69 Å². The Kier molecular flexibility index (Phi) is 4.29. The number of rotatable bonds is 3. The van der Waals surface area contributed by atoms with Gasteiger partial charge in [0, 0.05) is 43.7 Å². The van der Waals surface area contributed by atoms with Crippen LogP contribution in [0.1, 0.15) is 24.2 Å². The van der Waals surface area contributed by atoms with Crippen molar-refractivity contribution in [3.63, 3.8) is 0 Å². The molecule has 1 N–H and O–H groups in total. The van der Waals surface area contributed by atoms with Gasteiger partial charge in [-0.2, -0.15) is 0 Å². The van der Waals surface area contributed by atoms with Crippen LogP contribution in [0.5, 0.6) is 0 Å². The molecule has 0 radical (unpaired) electrons. The maximum Gasteiger partial charge on any atom is 0.269 e. The number of nitro benzene ring substituents is 1. The van der Waals surface area contributed by atoms with Gasteiger partial charge in [0.05, 0.1) is 11.0 Å². The van der Waals surface area contributed by atoms with E-state index >= 15 is 0 Å². The zero-order valence-electron chi connectivity index (χ0n) is 12.8. The van der Waals surface area contributed by atoms with E-state index in [1.54, 1.807) is 12.1 Å². The fourth-order valence-corrected chi connectivity index (χ4v) is 3.33. The number of non-ortho nitro benzene ring substituents is 1. The number of hydrogen-bond acceptors (Lipinski definition) is 3. The lowest BCUT2D eigenvalue weighted by Crippen LogP contribution is -2.47. The third-order valence-corrected chi connectivity index (χ3v) is 4.43. The Hall–Kier alpha value is -2.41. The molecule has 2 heterocycles. The first-order chi connectivity index (χ1) is 11.1. The van der Waals surface area contributed by atoms with Gasteiger partial charge in [0.25, 0.3) is 5.69 Å². The van der Waals surface area contributed by atoms with E-state index in [-0.39, 0.29) is 16.7 Å². The molecule has 1 aliphatic heterocycles. The molecule has 2 aromatic rings. The van der Waals surface area contributed by atoms with E-state index in [2.05, 4.69) is 27.0 Å². The second kappa shape index (κ2) is 6.37. The minimum Gasteiger partial charge on any atom is -0.363 e. The minimum absolute atomic E-state index is 0.0360. The molecule has 6 nitrogen and oxygen atoms in total. The van der Waals surface area contributed by atoms with Gasteiger partial charge in [-0.3, -0.25) is 10.1 Å². The first-order valence-corrected chi connectivity index (χ1v) is 7.96. The molecule has 0 saturated carbocycles. The molecule has 1 aliphatic rings. The van der Waals surface area contributed by atoms with Crippen LogP contribution in [0.3, 0.4) is 0 Å². The van der Waals surface area contributed by atoms with Gasteiger partial charge in [-0.15, -0.1) is 0 Å². The minimum atomic E-state index is -0.381. The van der Waals surface area contributed by atoms with Gasteiger partial charge in [0.1, 0.15) is 0 Å². The van der Waals surface area contributed by atoms with Crippen molar-refractivity contribution < 1.29 is 4.92 Å². The number of thiocarbonyl (C=S) groups is 1. The number of fused-ring (bicyclic) bond motifs is 1.